The Morgan fingerprint density at radius 2 is 2.05 bits per heavy atom. The van der Waals surface area contributed by atoms with E-state index in [9.17, 15) is 4.79 Å². The van der Waals surface area contributed by atoms with Crippen LogP contribution in [-0.2, 0) is 4.79 Å². The van der Waals surface area contributed by atoms with Gasteiger partial charge in [-0.15, -0.1) is 0 Å². The van der Waals surface area contributed by atoms with Gasteiger partial charge >= 0.3 is 0 Å². The molecule has 0 aliphatic heterocycles. The van der Waals surface area contributed by atoms with Crippen LogP contribution in [0.3, 0.4) is 0 Å². The van der Waals surface area contributed by atoms with Gasteiger partial charge in [0.2, 0.25) is 0 Å². The number of anilines is 1. The van der Waals surface area contributed by atoms with Crippen LogP contribution in [0.1, 0.15) is 12.5 Å². The number of nitriles is 1. The molecule has 0 radical (unpaired) electrons. The van der Waals surface area contributed by atoms with Crippen molar-refractivity contribution in [2.75, 3.05) is 5.32 Å². The van der Waals surface area contributed by atoms with Crippen LogP contribution in [0, 0.1) is 11.3 Å². The molecule has 1 atom stereocenters. The maximum Gasteiger partial charge on any atom is 0.265 e. The number of rotatable bonds is 4. The zero-order chi connectivity index (χ0) is 15.2. The lowest BCUT2D eigenvalue weighted by Crippen LogP contribution is -2.30. The quantitative estimate of drug-likeness (QED) is 0.919. The Hall–Kier alpha value is -2.32. The normalized spacial score (nSPS) is 11.3. The molecule has 0 unspecified atom stereocenters. The second-order valence-corrected chi connectivity index (χ2v) is 5.23. The number of nitrogens with zero attached hydrogens (tertiary/aromatic N) is 1. The van der Waals surface area contributed by atoms with E-state index in [0.717, 1.165) is 4.47 Å². The third-order valence-corrected chi connectivity index (χ3v) is 3.42. The fourth-order valence-electron chi connectivity index (χ4n) is 1.69. The van der Waals surface area contributed by atoms with Gasteiger partial charge in [-0.1, -0.05) is 18.2 Å². The summed E-state index contributed by atoms with van der Waals surface area (Å²) in [6.07, 6.45) is -0.658. The fraction of sp³-hybridized carbons (Fsp3) is 0.125. The molecule has 0 aliphatic rings. The number of benzene rings is 2. The van der Waals surface area contributed by atoms with E-state index in [1.54, 1.807) is 37.3 Å². The Morgan fingerprint density at radius 1 is 1.29 bits per heavy atom. The van der Waals surface area contributed by atoms with E-state index in [-0.39, 0.29) is 5.91 Å². The summed E-state index contributed by atoms with van der Waals surface area (Å²) in [5.41, 5.74) is 1.06. The summed E-state index contributed by atoms with van der Waals surface area (Å²) in [6, 6.07) is 16.1. The molecule has 0 aromatic heterocycles. The van der Waals surface area contributed by atoms with Crippen LogP contribution >= 0.6 is 15.9 Å². The molecular weight excluding hydrogens is 332 g/mol. The number of ether oxygens (including phenoxy) is 1. The minimum atomic E-state index is -0.658. The lowest BCUT2D eigenvalue weighted by Gasteiger charge is -2.15. The molecule has 2 aromatic rings. The van der Waals surface area contributed by atoms with Crippen molar-refractivity contribution in [2.45, 2.75) is 13.0 Å². The highest BCUT2D eigenvalue weighted by atomic mass is 79.9. The van der Waals surface area contributed by atoms with Gasteiger partial charge in [-0.05, 0) is 53.2 Å². The van der Waals surface area contributed by atoms with E-state index in [4.69, 9.17) is 10.00 Å². The van der Waals surface area contributed by atoms with Crippen molar-refractivity contribution in [3.8, 4) is 11.8 Å². The van der Waals surface area contributed by atoms with Crippen molar-refractivity contribution < 1.29 is 9.53 Å². The molecule has 1 amide bonds. The third-order valence-electron chi connectivity index (χ3n) is 2.77. The van der Waals surface area contributed by atoms with Crippen molar-refractivity contribution in [3.63, 3.8) is 0 Å². The average molecular weight is 345 g/mol. The molecule has 1 N–H and O–H groups in total. The zero-order valence-electron chi connectivity index (χ0n) is 11.3. The first kappa shape index (κ1) is 15.1. The second-order valence-electron chi connectivity index (χ2n) is 4.37. The Labute approximate surface area is 131 Å². The maximum absolute atomic E-state index is 12.1. The summed E-state index contributed by atoms with van der Waals surface area (Å²) in [7, 11) is 0. The molecule has 0 spiro atoms. The van der Waals surface area contributed by atoms with Crippen molar-refractivity contribution in [1.82, 2.24) is 0 Å². The van der Waals surface area contributed by atoms with Crippen LogP contribution in [0.4, 0.5) is 5.69 Å². The van der Waals surface area contributed by atoms with E-state index in [1.807, 2.05) is 24.3 Å². The van der Waals surface area contributed by atoms with Crippen LogP contribution in [0.2, 0.25) is 0 Å². The predicted molar refractivity (Wildman–Crippen MR) is 84.0 cm³/mol. The van der Waals surface area contributed by atoms with Crippen LogP contribution in [0.25, 0.3) is 0 Å². The molecule has 0 saturated heterocycles. The van der Waals surface area contributed by atoms with Crippen LogP contribution in [0.5, 0.6) is 5.75 Å². The summed E-state index contributed by atoms with van der Waals surface area (Å²) >= 11 is 3.37. The molecule has 0 saturated carbocycles. The van der Waals surface area contributed by atoms with Gasteiger partial charge in [0.25, 0.3) is 5.91 Å². The molecule has 0 aliphatic carbocycles. The number of amides is 1. The lowest BCUT2D eigenvalue weighted by molar-refractivity contribution is -0.122. The van der Waals surface area contributed by atoms with Crippen molar-refractivity contribution >= 4 is 27.5 Å². The molecule has 2 aromatic carbocycles. The van der Waals surface area contributed by atoms with Crippen molar-refractivity contribution in [3.05, 3.63) is 58.6 Å². The van der Waals surface area contributed by atoms with E-state index in [1.165, 1.54) is 0 Å². The van der Waals surface area contributed by atoms with E-state index < -0.39 is 6.10 Å². The minimum absolute atomic E-state index is 0.277. The number of para-hydroxylation sites is 1. The topological polar surface area (TPSA) is 62.1 Å². The van der Waals surface area contributed by atoms with Gasteiger partial charge in [-0.3, -0.25) is 4.79 Å². The number of carbonyl (C=O) groups is 1. The smallest absolute Gasteiger partial charge is 0.265 e. The Kier molecular flexibility index (Phi) is 4.96. The second kappa shape index (κ2) is 6.91. The van der Waals surface area contributed by atoms with Gasteiger partial charge < -0.3 is 10.1 Å². The molecule has 4 nitrogen and oxygen atoms in total. The Balaban J connectivity index is 2.03. The largest absolute Gasteiger partial charge is 0.480 e. The van der Waals surface area contributed by atoms with Gasteiger partial charge in [0.15, 0.2) is 6.10 Å². The van der Waals surface area contributed by atoms with Crippen molar-refractivity contribution in [2.24, 2.45) is 0 Å². The lowest BCUT2D eigenvalue weighted by atomic mass is 10.2. The molecule has 5 heteroatoms. The molecule has 2 rings (SSSR count). The highest BCUT2D eigenvalue weighted by Gasteiger charge is 2.16. The number of carbonyl (C=O) groups excluding carboxylic acids is 1. The van der Waals surface area contributed by atoms with Gasteiger partial charge in [0.1, 0.15) is 5.75 Å². The first-order chi connectivity index (χ1) is 10.1. The first-order valence-corrected chi connectivity index (χ1v) is 7.11. The molecule has 106 valence electrons. The average Bonchev–Trinajstić information content (AvgIpc) is 2.49. The minimum Gasteiger partial charge on any atom is -0.480 e. The van der Waals surface area contributed by atoms with Crippen LogP contribution in [-0.4, -0.2) is 12.0 Å². The van der Waals surface area contributed by atoms with Crippen LogP contribution < -0.4 is 10.1 Å². The van der Waals surface area contributed by atoms with Gasteiger partial charge in [0.05, 0.1) is 16.1 Å². The summed E-state index contributed by atoms with van der Waals surface area (Å²) in [5.74, 6) is 0.326. The molecule has 21 heavy (non-hydrogen) atoms. The Bertz CT molecular complexity index is 695. The third kappa shape index (κ3) is 4.07. The molecule has 0 bridgehead atoms. The fourth-order valence-corrected chi connectivity index (χ4v) is 2.07. The Morgan fingerprint density at radius 3 is 2.76 bits per heavy atom. The van der Waals surface area contributed by atoms with Crippen LogP contribution in [0.15, 0.2) is 53.0 Å². The first-order valence-electron chi connectivity index (χ1n) is 6.32. The van der Waals surface area contributed by atoms with Gasteiger partial charge in [0, 0.05) is 5.69 Å². The van der Waals surface area contributed by atoms with Gasteiger partial charge in [-0.2, -0.15) is 5.26 Å². The van der Waals surface area contributed by atoms with E-state index in [0.29, 0.717) is 17.0 Å². The highest BCUT2D eigenvalue weighted by Crippen LogP contribution is 2.25. The number of hydrogen-bond acceptors (Lipinski definition) is 3. The summed E-state index contributed by atoms with van der Waals surface area (Å²) < 4.78 is 6.40. The predicted octanol–water partition coefficient (Wildman–Crippen LogP) is 3.73. The summed E-state index contributed by atoms with van der Waals surface area (Å²) in [4.78, 5) is 12.1. The number of nitrogens with one attached hydrogen (secondary N) is 1. The summed E-state index contributed by atoms with van der Waals surface area (Å²) in [6.45, 7) is 1.67. The SMILES string of the molecule is C[C@@H](Oc1ccccc1Br)C(=O)Nc1cccc(C#N)c1. The highest BCUT2D eigenvalue weighted by molar-refractivity contribution is 9.10. The standard InChI is InChI=1S/C16H13BrN2O2/c1-11(21-15-8-3-2-7-14(15)17)16(20)19-13-6-4-5-12(9-13)10-18/h2-9,11H,1H3,(H,19,20)/t11-/m1/s1. The zero-order valence-corrected chi connectivity index (χ0v) is 12.9. The molecule has 0 fully saturated rings. The maximum atomic E-state index is 12.1. The van der Waals surface area contributed by atoms with Crippen molar-refractivity contribution in [1.29, 1.82) is 5.26 Å². The monoisotopic (exact) mass is 344 g/mol. The molecule has 0 heterocycles. The van der Waals surface area contributed by atoms with E-state index in [2.05, 4.69) is 21.2 Å². The van der Waals surface area contributed by atoms with E-state index >= 15 is 0 Å². The number of hydrogen-bond donors (Lipinski definition) is 1. The van der Waals surface area contributed by atoms with Gasteiger partial charge in [-0.25, -0.2) is 0 Å². The molecular formula is C16H13BrN2O2. The number of halogens is 1. The summed E-state index contributed by atoms with van der Waals surface area (Å²) in [5, 5.41) is 11.6.